The second-order valence-corrected chi connectivity index (χ2v) is 8.28. The van der Waals surface area contributed by atoms with Gasteiger partial charge in [-0.05, 0) is 24.5 Å². The number of hydrogen-bond acceptors (Lipinski definition) is 5. The van der Waals surface area contributed by atoms with E-state index in [-0.39, 0.29) is 6.61 Å². The van der Waals surface area contributed by atoms with Gasteiger partial charge in [-0.1, -0.05) is 36.0 Å². The normalized spacial score (nSPS) is 12.2. The summed E-state index contributed by atoms with van der Waals surface area (Å²) in [6.07, 6.45) is -1.51. The molecular formula is C19H25F3N4OS2. The molecule has 0 radical (unpaired) electrons. The molecule has 0 aliphatic rings. The number of ether oxygens (including phenoxy) is 1. The van der Waals surface area contributed by atoms with Crippen molar-refractivity contribution in [3.8, 4) is 0 Å². The van der Waals surface area contributed by atoms with Gasteiger partial charge in [0.25, 0.3) is 0 Å². The van der Waals surface area contributed by atoms with Crippen LogP contribution in [0, 0.1) is 0 Å². The SMILES string of the molecule is CCNC(=NCc1ccc(COCC(F)(F)F)cc1)NCCCSc1nccs1. The van der Waals surface area contributed by atoms with Gasteiger partial charge in [-0.3, -0.25) is 0 Å². The molecule has 0 spiro atoms. The van der Waals surface area contributed by atoms with Gasteiger partial charge in [0.1, 0.15) is 10.9 Å². The molecule has 0 bridgehead atoms. The Balaban J connectivity index is 1.72. The molecular weight excluding hydrogens is 421 g/mol. The van der Waals surface area contributed by atoms with Crippen LogP contribution in [0.2, 0.25) is 0 Å². The quantitative estimate of drug-likeness (QED) is 0.231. The molecule has 10 heteroatoms. The van der Waals surface area contributed by atoms with Crippen LogP contribution in [0.15, 0.2) is 45.2 Å². The van der Waals surface area contributed by atoms with E-state index < -0.39 is 12.8 Å². The summed E-state index contributed by atoms with van der Waals surface area (Å²) in [4.78, 5) is 8.79. The summed E-state index contributed by atoms with van der Waals surface area (Å²) in [5.41, 5.74) is 1.67. The minimum absolute atomic E-state index is 0.0632. The molecule has 0 unspecified atom stereocenters. The number of aliphatic imine (C=N–C) groups is 1. The summed E-state index contributed by atoms with van der Waals surface area (Å²) < 4.78 is 42.1. The molecule has 29 heavy (non-hydrogen) atoms. The number of thiazole rings is 1. The number of benzene rings is 1. The van der Waals surface area contributed by atoms with Crippen LogP contribution in [-0.4, -0.2) is 42.6 Å². The Hall–Kier alpha value is -1.78. The smallest absolute Gasteiger partial charge is 0.367 e. The molecule has 1 aromatic heterocycles. The molecule has 0 aliphatic carbocycles. The van der Waals surface area contributed by atoms with Crippen molar-refractivity contribution < 1.29 is 17.9 Å². The van der Waals surface area contributed by atoms with E-state index in [1.54, 1.807) is 35.2 Å². The van der Waals surface area contributed by atoms with Crippen LogP contribution in [0.1, 0.15) is 24.5 Å². The number of halogens is 3. The predicted molar refractivity (Wildman–Crippen MR) is 112 cm³/mol. The first-order valence-electron chi connectivity index (χ1n) is 9.23. The fourth-order valence-electron chi connectivity index (χ4n) is 2.26. The number of nitrogens with zero attached hydrogens (tertiary/aromatic N) is 2. The third-order valence-electron chi connectivity index (χ3n) is 3.57. The monoisotopic (exact) mass is 446 g/mol. The zero-order chi connectivity index (χ0) is 21.0. The topological polar surface area (TPSA) is 58.5 Å². The van der Waals surface area contributed by atoms with Crippen LogP contribution in [0.5, 0.6) is 0 Å². The molecule has 1 aromatic carbocycles. The van der Waals surface area contributed by atoms with Crippen molar-refractivity contribution in [1.82, 2.24) is 15.6 Å². The predicted octanol–water partition coefficient (Wildman–Crippen LogP) is 4.46. The first kappa shape index (κ1) is 23.5. The number of aromatic nitrogens is 1. The Bertz CT molecular complexity index is 722. The lowest BCUT2D eigenvalue weighted by atomic mass is 10.1. The average molecular weight is 447 g/mol. The van der Waals surface area contributed by atoms with Gasteiger partial charge in [0.15, 0.2) is 5.96 Å². The molecule has 160 valence electrons. The van der Waals surface area contributed by atoms with E-state index in [2.05, 4.69) is 25.3 Å². The van der Waals surface area contributed by atoms with Gasteiger partial charge >= 0.3 is 6.18 Å². The molecule has 0 aliphatic heterocycles. The average Bonchev–Trinajstić information content (AvgIpc) is 3.19. The number of rotatable bonds is 11. The van der Waals surface area contributed by atoms with Crippen LogP contribution in [0.3, 0.4) is 0 Å². The van der Waals surface area contributed by atoms with Crippen LogP contribution >= 0.6 is 23.1 Å². The van der Waals surface area contributed by atoms with Crippen molar-refractivity contribution in [1.29, 1.82) is 0 Å². The molecule has 2 aromatic rings. The Labute approximate surface area is 177 Å². The Morgan fingerprint density at radius 3 is 2.62 bits per heavy atom. The molecule has 5 nitrogen and oxygen atoms in total. The van der Waals surface area contributed by atoms with E-state index >= 15 is 0 Å². The number of nitrogens with one attached hydrogen (secondary N) is 2. The highest BCUT2D eigenvalue weighted by atomic mass is 32.2. The maximum atomic E-state index is 12.1. The minimum Gasteiger partial charge on any atom is -0.367 e. The summed E-state index contributed by atoms with van der Waals surface area (Å²) in [6.45, 7) is 2.75. The third-order valence-corrected chi connectivity index (χ3v) is 5.62. The number of alkyl halides is 3. The first-order valence-corrected chi connectivity index (χ1v) is 11.1. The minimum atomic E-state index is -4.30. The Morgan fingerprint density at radius 2 is 1.97 bits per heavy atom. The van der Waals surface area contributed by atoms with Crippen LogP contribution in [0.25, 0.3) is 0 Å². The van der Waals surface area contributed by atoms with Crippen LogP contribution in [0.4, 0.5) is 13.2 Å². The van der Waals surface area contributed by atoms with Crippen LogP contribution in [-0.2, 0) is 17.9 Å². The largest absolute Gasteiger partial charge is 0.411 e. The lowest BCUT2D eigenvalue weighted by Crippen LogP contribution is -2.37. The highest BCUT2D eigenvalue weighted by molar-refractivity contribution is 8.00. The maximum Gasteiger partial charge on any atom is 0.411 e. The maximum absolute atomic E-state index is 12.1. The fourth-order valence-corrected chi connectivity index (χ4v) is 3.91. The van der Waals surface area contributed by atoms with Crippen molar-refractivity contribution in [3.05, 3.63) is 47.0 Å². The van der Waals surface area contributed by atoms with Gasteiger partial charge in [-0.15, -0.1) is 11.3 Å². The number of hydrogen-bond donors (Lipinski definition) is 2. The molecule has 1 heterocycles. The highest BCUT2D eigenvalue weighted by Crippen LogP contribution is 2.20. The summed E-state index contributed by atoms with van der Waals surface area (Å²) >= 11 is 3.39. The van der Waals surface area contributed by atoms with E-state index in [1.165, 1.54) is 0 Å². The second kappa shape index (κ2) is 12.7. The zero-order valence-electron chi connectivity index (χ0n) is 16.2. The lowest BCUT2D eigenvalue weighted by molar-refractivity contribution is -0.176. The van der Waals surface area contributed by atoms with Gasteiger partial charge in [-0.2, -0.15) is 13.2 Å². The molecule has 0 saturated heterocycles. The number of thioether (sulfide) groups is 1. The van der Waals surface area contributed by atoms with Gasteiger partial charge in [0, 0.05) is 30.4 Å². The summed E-state index contributed by atoms with van der Waals surface area (Å²) in [5.74, 6) is 1.72. The fraction of sp³-hybridized carbons (Fsp3) is 0.474. The van der Waals surface area contributed by atoms with Gasteiger partial charge < -0.3 is 15.4 Å². The van der Waals surface area contributed by atoms with E-state index in [9.17, 15) is 13.2 Å². The van der Waals surface area contributed by atoms with E-state index in [1.807, 2.05) is 30.6 Å². The molecule has 0 saturated carbocycles. The molecule has 2 rings (SSSR count). The van der Waals surface area contributed by atoms with Crippen molar-refractivity contribution in [2.45, 2.75) is 37.0 Å². The van der Waals surface area contributed by atoms with Crippen molar-refractivity contribution in [2.24, 2.45) is 4.99 Å². The first-order chi connectivity index (χ1) is 14.0. The third kappa shape index (κ3) is 10.5. The van der Waals surface area contributed by atoms with Crippen LogP contribution < -0.4 is 10.6 Å². The van der Waals surface area contributed by atoms with E-state index in [4.69, 9.17) is 0 Å². The lowest BCUT2D eigenvalue weighted by Gasteiger charge is -2.11. The second-order valence-electron chi connectivity index (χ2n) is 6.05. The highest BCUT2D eigenvalue weighted by Gasteiger charge is 2.27. The summed E-state index contributed by atoms with van der Waals surface area (Å²) in [6, 6.07) is 7.23. The Morgan fingerprint density at radius 1 is 1.21 bits per heavy atom. The van der Waals surface area contributed by atoms with Crippen molar-refractivity contribution in [2.75, 3.05) is 25.4 Å². The van der Waals surface area contributed by atoms with E-state index in [0.717, 1.165) is 41.1 Å². The summed E-state index contributed by atoms with van der Waals surface area (Å²) in [5, 5.41) is 8.48. The van der Waals surface area contributed by atoms with Gasteiger partial charge in [0.2, 0.25) is 0 Å². The molecule has 0 atom stereocenters. The van der Waals surface area contributed by atoms with Crippen molar-refractivity contribution in [3.63, 3.8) is 0 Å². The zero-order valence-corrected chi connectivity index (χ0v) is 17.8. The molecule has 2 N–H and O–H groups in total. The van der Waals surface area contributed by atoms with Crippen molar-refractivity contribution >= 4 is 29.1 Å². The number of guanidine groups is 1. The Kier molecular flexibility index (Phi) is 10.3. The van der Waals surface area contributed by atoms with Gasteiger partial charge in [0.05, 0.1) is 13.2 Å². The summed E-state index contributed by atoms with van der Waals surface area (Å²) in [7, 11) is 0. The van der Waals surface area contributed by atoms with Gasteiger partial charge in [-0.25, -0.2) is 9.98 Å². The van der Waals surface area contributed by atoms with E-state index in [0.29, 0.717) is 12.1 Å². The molecule has 0 fully saturated rings. The standard InChI is InChI=1S/C19H25F3N4OS2/c1-2-23-17(24-8-3-10-28-18-25-9-11-29-18)26-12-15-4-6-16(7-5-15)13-27-14-19(20,21)22/h4-7,9,11H,2-3,8,10,12-14H2,1H3,(H2,23,24,26). The molecule has 0 amide bonds.